The summed E-state index contributed by atoms with van der Waals surface area (Å²) in [5.74, 6) is 0.488. The van der Waals surface area contributed by atoms with E-state index in [-0.39, 0.29) is 30.4 Å². The van der Waals surface area contributed by atoms with E-state index in [1.807, 2.05) is 35.2 Å². The van der Waals surface area contributed by atoms with Crippen LogP contribution < -0.4 is 4.74 Å². The van der Waals surface area contributed by atoms with Crippen LogP contribution in [0.2, 0.25) is 5.02 Å². The van der Waals surface area contributed by atoms with Crippen LogP contribution in [0.1, 0.15) is 25.0 Å². The van der Waals surface area contributed by atoms with Crippen LogP contribution in [-0.2, 0) is 17.9 Å². The van der Waals surface area contributed by atoms with Crippen LogP contribution >= 0.6 is 11.6 Å². The monoisotopic (exact) mass is 502 g/mol. The Hall–Kier alpha value is -2.19. The smallest absolute Gasteiger partial charge is 0.260 e. The number of benzene rings is 2. The number of carbonyl (C=O) groups is 1. The molecule has 2 aromatic rings. The molecule has 190 valence electrons. The zero-order chi connectivity index (χ0) is 24.9. The number of piperazine rings is 2. The molecule has 8 heteroatoms. The van der Waals surface area contributed by atoms with Gasteiger partial charge in [0.1, 0.15) is 11.6 Å². The number of ether oxygens (including phenoxy) is 1. The van der Waals surface area contributed by atoms with Gasteiger partial charge in [0.2, 0.25) is 0 Å². The van der Waals surface area contributed by atoms with Gasteiger partial charge in [0, 0.05) is 75.0 Å². The summed E-state index contributed by atoms with van der Waals surface area (Å²) in [7, 11) is 2.14. The fraction of sp³-hybridized carbons (Fsp3) is 0.519. The molecule has 0 aliphatic carbocycles. The summed E-state index contributed by atoms with van der Waals surface area (Å²) < 4.78 is 19.3. The van der Waals surface area contributed by atoms with Crippen molar-refractivity contribution in [2.45, 2.75) is 39.0 Å². The SMILES string of the molecule is C[C@@H]1CN(Cc2ccc(F)cc2)[C@@H](C)CN1C(=O)COc1ccc(Cl)cc1CN1CCN(C)CC1. The average Bonchev–Trinajstić information content (AvgIpc) is 2.83. The van der Waals surface area contributed by atoms with Gasteiger partial charge >= 0.3 is 0 Å². The fourth-order valence-corrected chi connectivity index (χ4v) is 5.07. The van der Waals surface area contributed by atoms with E-state index in [0.717, 1.165) is 62.7 Å². The summed E-state index contributed by atoms with van der Waals surface area (Å²) in [6.07, 6.45) is 0. The molecular weight excluding hydrogens is 467 g/mol. The molecule has 0 spiro atoms. The number of amides is 1. The number of halogens is 2. The molecule has 2 atom stereocenters. The van der Waals surface area contributed by atoms with Gasteiger partial charge in [-0.25, -0.2) is 4.39 Å². The van der Waals surface area contributed by atoms with Gasteiger partial charge in [0.05, 0.1) is 0 Å². The third-order valence-corrected chi connectivity index (χ3v) is 7.33. The molecular formula is C27H36ClFN4O2. The number of rotatable bonds is 7. The van der Waals surface area contributed by atoms with Crippen molar-refractivity contribution in [2.24, 2.45) is 0 Å². The van der Waals surface area contributed by atoms with Crippen molar-refractivity contribution in [3.8, 4) is 5.75 Å². The van der Waals surface area contributed by atoms with Crippen LogP contribution in [0.25, 0.3) is 0 Å². The third kappa shape index (κ3) is 6.94. The molecule has 6 nitrogen and oxygen atoms in total. The Morgan fingerprint density at radius 3 is 2.43 bits per heavy atom. The molecule has 35 heavy (non-hydrogen) atoms. The van der Waals surface area contributed by atoms with Crippen molar-refractivity contribution in [1.29, 1.82) is 0 Å². The van der Waals surface area contributed by atoms with Gasteiger partial charge in [-0.2, -0.15) is 0 Å². The van der Waals surface area contributed by atoms with E-state index in [2.05, 4.69) is 35.6 Å². The lowest BCUT2D eigenvalue weighted by molar-refractivity contribution is -0.139. The summed E-state index contributed by atoms with van der Waals surface area (Å²) in [5, 5.41) is 0.674. The summed E-state index contributed by atoms with van der Waals surface area (Å²) in [6, 6.07) is 12.5. The molecule has 0 aromatic heterocycles. The Bertz CT molecular complexity index is 997. The molecule has 2 heterocycles. The van der Waals surface area contributed by atoms with Crippen molar-refractivity contribution in [3.63, 3.8) is 0 Å². The van der Waals surface area contributed by atoms with Gasteiger partial charge in [0.15, 0.2) is 6.61 Å². The first kappa shape index (κ1) is 25.9. The predicted octanol–water partition coefficient (Wildman–Crippen LogP) is 3.73. The molecule has 2 aromatic carbocycles. The van der Waals surface area contributed by atoms with E-state index in [0.29, 0.717) is 11.6 Å². The van der Waals surface area contributed by atoms with E-state index >= 15 is 0 Å². The lowest BCUT2D eigenvalue weighted by atomic mass is 10.1. The topological polar surface area (TPSA) is 39.3 Å². The molecule has 0 unspecified atom stereocenters. The summed E-state index contributed by atoms with van der Waals surface area (Å²) in [5.41, 5.74) is 2.09. The van der Waals surface area contributed by atoms with E-state index in [1.165, 1.54) is 12.1 Å². The van der Waals surface area contributed by atoms with E-state index in [4.69, 9.17) is 16.3 Å². The zero-order valence-corrected chi connectivity index (χ0v) is 21.7. The zero-order valence-electron chi connectivity index (χ0n) is 20.9. The fourth-order valence-electron chi connectivity index (χ4n) is 4.87. The largest absolute Gasteiger partial charge is 0.483 e. The number of likely N-dealkylation sites (N-methyl/N-ethyl adjacent to an activating group) is 1. The summed E-state index contributed by atoms with van der Waals surface area (Å²) in [4.78, 5) is 22.1. The van der Waals surface area contributed by atoms with Gasteiger partial charge in [-0.1, -0.05) is 23.7 Å². The molecule has 0 N–H and O–H groups in total. The Morgan fingerprint density at radius 2 is 1.71 bits per heavy atom. The number of carbonyl (C=O) groups excluding carboxylic acids is 1. The van der Waals surface area contributed by atoms with E-state index < -0.39 is 0 Å². The third-order valence-electron chi connectivity index (χ3n) is 7.10. The van der Waals surface area contributed by atoms with Crippen molar-refractivity contribution in [3.05, 3.63) is 64.4 Å². The second-order valence-electron chi connectivity index (χ2n) is 9.92. The van der Waals surface area contributed by atoms with E-state index in [9.17, 15) is 9.18 Å². The van der Waals surface area contributed by atoms with Crippen molar-refractivity contribution < 1.29 is 13.9 Å². The Labute approximate surface area is 213 Å². The second-order valence-corrected chi connectivity index (χ2v) is 10.4. The van der Waals surface area contributed by atoms with Crippen LogP contribution in [0.15, 0.2) is 42.5 Å². The van der Waals surface area contributed by atoms with Crippen LogP contribution in [0, 0.1) is 5.82 Å². The minimum absolute atomic E-state index is 0.00634. The minimum atomic E-state index is -0.224. The van der Waals surface area contributed by atoms with Crippen LogP contribution in [-0.4, -0.2) is 90.5 Å². The molecule has 2 aliphatic heterocycles. The number of hydrogen-bond donors (Lipinski definition) is 0. The van der Waals surface area contributed by atoms with Gasteiger partial charge in [-0.15, -0.1) is 0 Å². The van der Waals surface area contributed by atoms with Crippen LogP contribution in [0.3, 0.4) is 0 Å². The highest BCUT2D eigenvalue weighted by molar-refractivity contribution is 6.30. The minimum Gasteiger partial charge on any atom is -0.483 e. The number of hydrogen-bond acceptors (Lipinski definition) is 5. The standard InChI is InChI=1S/C27H36ClFN4O2/c1-20-16-33(21(2)15-32(20)17-22-4-7-25(29)8-5-22)27(34)19-35-26-9-6-24(28)14-23(26)18-31-12-10-30(3)11-13-31/h4-9,14,20-21H,10-13,15-19H2,1-3H3/t20-,21+/m0/s1. The average molecular weight is 503 g/mol. The van der Waals surface area contributed by atoms with Crippen molar-refractivity contribution in [2.75, 3.05) is 52.9 Å². The molecule has 2 fully saturated rings. The van der Waals surface area contributed by atoms with Crippen LogP contribution in [0.4, 0.5) is 4.39 Å². The van der Waals surface area contributed by atoms with Gasteiger partial charge in [0.25, 0.3) is 5.91 Å². The maximum absolute atomic E-state index is 13.2. The lowest BCUT2D eigenvalue weighted by Crippen LogP contribution is -2.58. The Kier molecular flexibility index (Phi) is 8.65. The quantitative estimate of drug-likeness (QED) is 0.577. The molecule has 0 saturated carbocycles. The second kappa shape index (κ2) is 11.7. The summed E-state index contributed by atoms with van der Waals surface area (Å²) in [6.45, 7) is 11.2. The molecule has 0 radical (unpaired) electrons. The molecule has 4 rings (SSSR count). The van der Waals surface area contributed by atoms with Crippen molar-refractivity contribution >= 4 is 17.5 Å². The first-order valence-corrected chi connectivity index (χ1v) is 12.8. The Balaban J connectivity index is 1.33. The first-order chi connectivity index (χ1) is 16.8. The van der Waals surface area contributed by atoms with Crippen molar-refractivity contribution in [1.82, 2.24) is 19.6 Å². The van der Waals surface area contributed by atoms with Crippen LogP contribution in [0.5, 0.6) is 5.75 Å². The highest BCUT2D eigenvalue weighted by atomic mass is 35.5. The van der Waals surface area contributed by atoms with E-state index in [1.54, 1.807) is 0 Å². The van der Waals surface area contributed by atoms with Gasteiger partial charge in [-0.05, 0) is 56.8 Å². The maximum atomic E-state index is 13.2. The van der Waals surface area contributed by atoms with Gasteiger partial charge < -0.3 is 14.5 Å². The predicted molar refractivity (Wildman–Crippen MR) is 137 cm³/mol. The summed E-state index contributed by atoms with van der Waals surface area (Å²) >= 11 is 6.28. The maximum Gasteiger partial charge on any atom is 0.260 e. The molecule has 0 bridgehead atoms. The number of nitrogens with zero attached hydrogens (tertiary/aromatic N) is 4. The highest BCUT2D eigenvalue weighted by Gasteiger charge is 2.32. The Morgan fingerprint density at radius 1 is 1.00 bits per heavy atom. The molecule has 2 saturated heterocycles. The first-order valence-electron chi connectivity index (χ1n) is 12.4. The molecule has 1 amide bonds. The lowest BCUT2D eigenvalue weighted by Gasteiger charge is -2.44. The van der Waals surface area contributed by atoms with Gasteiger partial charge in [-0.3, -0.25) is 14.6 Å². The molecule has 2 aliphatic rings. The normalized spacial score (nSPS) is 22.4. The highest BCUT2D eigenvalue weighted by Crippen LogP contribution is 2.26.